The molecule has 0 aromatic carbocycles. The van der Waals surface area contributed by atoms with Crippen LogP contribution in [0, 0.1) is 0 Å². The molecule has 84 valence electrons. The maximum atomic E-state index is 9.61. The number of ether oxygens (including phenoxy) is 1. The summed E-state index contributed by atoms with van der Waals surface area (Å²) in [5.74, 6) is 0. The zero-order chi connectivity index (χ0) is 10.6. The standard InChI is InChI=1S/C10H22O3Si/c1-4-14(5-2,6-3)13-10-8-12-7-9(10)11/h9-11H,4-8H2,1-3H3/t9-,10+/m1/s1. The second-order valence-electron chi connectivity index (χ2n) is 4.00. The minimum atomic E-state index is -1.56. The van der Waals surface area contributed by atoms with E-state index in [1.807, 2.05) is 0 Å². The Morgan fingerprint density at radius 1 is 1.21 bits per heavy atom. The summed E-state index contributed by atoms with van der Waals surface area (Å²) in [5.41, 5.74) is 0. The van der Waals surface area contributed by atoms with E-state index in [9.17, 15) is 5.11 Å². The summed E-state index contributed by atoms with van der Waals surface area (Å²) in [7, 11) is -1.56. The summed E-state index contributed by atoms with van der Waals surface area (Å²) in [5, 5.41) is 9.61. The van der Waals surface area contributed by atoms with Crippen LogP contribution in [0.4, 0.5) is 0 Å². The molecule has 1 N–H and O–H groups in total. The van der Waals surface area contributed by atoms with E-state index >= 15 is 0 Å². The van der Waals surface area contributed by atoms with Crippen LogP contribution in [0.5, 0.6) is 0 Å². The normalized spacial score (nSPS) is 28.3. The van der Waals surface area contributed by atoms with Crippen LogP contribution in [0.3, 0.4) is 0 Å². The topological polar surface area (TPSA) is 38.7 Å². The Bertz CT molecular complexity index is 162. The first-order valence-electron chi connectivity index (χ1n) is 5.61. The van der Waals surface area contributed by atoms with Gasteiger partial charge in [-0.25, -0.2) is 0 Å². The van der Waals surface area contributed by atoms with Crippen molar-refractivity contribution in [2.75, 3.05) is 13.2 Å². The van der Waals surface area contributed by atoms with Crippen molar-refractivity contribution in [2.24, 2.45) is 0 Å². The summed E-state index contributed by atoms with van der Waals surface area (Å²) >= 11 is 0. The molecule has 2 atom stereocenters. The first-order valence-corrected chi connectivity index (χ1v) is 8.14. The van der Waals surface area contributed by atoms with Gasteiger partial charge in [-0.2, -0.15) is 0 Å². The van der Waals surface area contributed by atoms with E-state index in [4.69, 9.17) is 9.16 Å². The second-order valence-corrected chi connectivity index (χ2v) is 8.73. The molecular formula is C10H22O3Si. The number of hydrogen-bond donors (Lipinski definition) is 1. The molecule has 1 aliphatic rings. The van der Waals surface area contributed by atoms with E-state index in [0.29, 0.717) is 13.2 Å². The van der Waals surface area contributed by atoms with E-state index in [-0.39, 0.29) is 6.10 Å². The molecule has 0 unspecified atom stereocenters. The van der Waals surface area contributed by atoms with Crippen molar-refractivity contribution in [3.8, 4) is 0 Å². The molecule has 0 aromatic heterocycles. The molecule has 3 nitrogen and oxygen atoms in total. The molecule has 0 bridgehead atoms. The molecular weight excluding hydrogens is 196 g/mol. The van der Waals surface area contributed by atoms with Crippen LogP contribution in [0.15, 0.2) is 0 Å². The van der Waals surface area contributed by atoms with Crippen molar-refractivity contribution in [3.05, 3.63) is 0 Å². The van der Waals surface area contributed by atoms with Crippen molar-refractivity contribution in [2.45, 2.75) is 51.1 Å². The molecule has 0 aliphatic carbocycles. The van der Waals surface area contributed by atoms with Gasteiger partial charge in [0.2, 0.25) is 0 Å². The third-order valence-electron chi connectivity index (χ3n) is 3.33. The van der Waals surface area contributed by atoms with Crippen LogP contribution < -0.4 is 0 Å². The van der Waals surface area contributed by atoms with Gasteiger partial charge in [-0.3, -0.25) is 0 Å². The Labute approximate surface area is 87.5 Å². The number of rotatable bonds is 5. The molecule has 1 fully saturated rings. The first-order chi connectivity index (χ1) is 6.67. The molecule has 0 amide bonds. The Morgan fingerprint density at radius 2 is 1.79 bits per heavy atom. The number of aliphatic hydroxyl groups is 1. The van der Waals surface area contributed by atoms with E-state index in [1.54, 1.807) is 0 Å². The molecule has 0 aromatic rings. The maximum Gasteiger partial charge on any atom is 0.192 e. The van der Waals surface area contributed by atoms with Crippen molar-refractivity contribution in [3.63, 3.8) is 0 Å². The van der Waals surface area contributed by atoms with Gasteiger partial charge in [-0.05, 0) is 18.1 Å². The van der Waals surface area contributed by atoms with Crippen LogP contribution in [-0.2, 0) is 9.16 Å². The third kappa shape index (κ3) is 2.57. The lowest BCUT2D eigenvalue weighted by Crippen LogP contribution is -2.43. The van der Waals surface area contributed by atoms with Gasteiger partial charge in [0.25, 0.3) is 0 Å². The molecule has 0 radical (unpaired) electrons. The highest BCUT2D eigenvalue weighted by Crippen LogP contribution is 2.25. The monoisotopic (exact) mass is 218 g/mol. The Morgan fingerprint density at radius 3 is 2.14 bits per heavy atom. The van der Waals surface area contributed by atoms with Gasteiger partial charge in [-0.1, -0.05) is 20.8 Å². The minimum Gasteiger partial charge on any atom is -0.409 e. The predicted octanol–water partition coefficient (Wildman–Crippen LogP) is 1.77. The molecule has 1 heterocycles. The maximum absolute atomic E-state index is 9.61. The highest BCUT2D eigenvalue weighted by Gasteiger charge is 2.37. The highest BCUT2D eigenvalue weighted by atomic mass is 28.4. The quantitative estimate of drug-likeness (QED) is 0.715. The Hall–Kier alpha value is 0.0969. The fourth-order valence-corrected chi connectivity index (χ4v) is 4.82. The highest BCUT2D eigenvalue weighted by molar-refractivity contribution is 6.73. The summed E-state index contributed by atoms with van der Waals surface area (Å²) in [6.07, 6.45) is -0.479. The average Bonchev–Trinajstić information content (AvgIpc) is 2.61. The molecule has 4 heteroatoms. The molecule has 14 heavy (non-hydrogen) atoms. The summed E-state index contributed by atoms with van der Waals surface area (Å²) in [6.45, 7) is 7.59. The fraction of sp³-hybridized carbons (Fsp3) is 1.00. The van der Waals surface area contributed by atoms with Gasteiger partial charge >= 0.3 is 0 Å². The largest absolute Gasteiger partial charge is 0.409 e. The minimum absolute atomic E-state index is 0.0680. The smallest absolute Gasteiger partial charge is 0.192 e. The summed E-state index contributed by atoms with van der Waals surface area (Å²) in [6, 6.07) is 3.38. The summed E-state index contributed by atoms with van der Waals surface area (Å²) < 4.78 is 11.3. The summed E-state index contributed by atoms with van der Waals surface area (Å²) in [4.78, 5) is 0. The second kappa shape index (κ2) is 5.26. The zero-order valence-corrected chi connectivity index (χ0v) is 10.5. The Kier molecular flexibility index (Phi) is 4.57. The third-order valence-corrected chi connectivity index (χ3v) is 8.00. The van der Waals surface area contributed by atoms with Gasteiger partial charge in [0.15, 0.2) is 8.32 Å². The van der Waals surface area contributed by atoms with E-state index < -0.39 is 14.4 Å². The van der Waals surface area contributed by atoms with Crippen LogP contribution in [-0.4, -0.2) is 38.8 Å². The van der Waals surface area contributed by atoms with Gasteiger partial charge in [0, 0.05) is 0 Å². The van der Waals surface area contributed by atoms with Crippen molar-refractivity contribution >= 4 is 8.32 Å². The lowest BCUT2D eigenvalue weighted by Gasteiger charge is -2.32. The lowest BCUT2D eigenvalue weighted by molar-refractivity contribution is 0.0660. The molecule has 0 spiro atoms. The van der Waals surface area contributed by atoms with Crippen molar-refractivity contribution < 1.29 is 14.3 Å². The van der Waals surface area contributed by atoms with Crippen LogP contribution in [0.2, 0.25) is 18.1 Å². The lowest BCUT2D eigenvalue weighted by atomic mass is 10.3. The van der Waals surface area contributed by atoms with Gasteiger partial charge in [0.1, 0.15) is 6.10 Å². The van der Waals surface area contributed by atoms with E-state index in [2.05, 4.69) is 20.8 Å². The zero-order valence-electron chi connectivity index (χ0n) is 9.45. The number of hydrogen-bond acceptors (Lipinski definition) is 3. The van der Waals surface area contributed by atoms with Crippen LogP contribution in [0.1, 0.15) is 20.8 Å². The first kappa shape index (κ1) is 12.2. The molecule has 0 saturated carbocycles. The predicted molar refractivity (Wildman–Crippen MR) is 58.9 cm³/mol. The average molecular weight is 218 g/mol. The fourth-order valence-electron chi connectivity index (χ4n) is 1.96. The molecule has 1 rings (SSSR count). The van der Waals surface area contributed by atoms with Crippen molar-refractivity contribution in [1.82, 2.24) is 0 Å². The van der Waals surface area contributed by atoms with E-state index in [0.717, 1.165) is 18.1 Å². The molecule has 1 saturated heterocycles. The number of aliphatic hydroxyl groups excluding tert-OH is 1. The van der Waals surface area contributed by atoms with Gasteiger partial charge in [0.05, 0.1) is 19.3 Å². The van der Waals surface area contributed by atoms with Gasteiger partial charge in [-0.15, -0.1) is 0 Å². The Balaban J connectivity index is 2.54. The van der Waals surface area contributed by atoms with Crippen LogP contribution >= 0.6 is 0 Å². The molecule has 1 aliphatic heterocycles. The van der Waals surface area contributed by atoms with Crippen LogP contribution in [0.25, 0.3) is 0 Å². The van der Waals surface area contributed by atoms with Crippen molar-refractivity contribution in [1.29, 1.82) is 0 Å². The van der Waals surface area contributed by atoms with Gasteiger partial charge < -0.3 is 14.3 Å². The SMILES string of the molecule is CC[Si](CC)(CC)O[C@H]1COC[C@H]1O. The van der Waals surface area contributed by atoms with E-state index in [1.165, 1.54) is 0 Å².